The van der Waals surface area contributed by atoms with Crippen LogP contribution in [0, 0.1) is 0 Å². The lowest BCUT2D eigenvalue weighted by Crippen LogP contribution is -1.72. The first kappa shape index (κ1) is 8.36. The van der Waals surface area contributed by atoms with Crippen LogP contribution < -0.4 is 0 Å². The molecule has 0 atom stereocenters. The molecule has 0 amide bonds. The summed E-state index contributed by atoms with van der Waals surface area (Å²) in [6, 6.07) is 15.3. The zero-order chi connectivity index (χ0) is 9.38. The lowest BCUT2D eigenvalue weighted by molar-refractivity contribution is 1.81. The molecule has 0 saturated heterocycles. The van der Waals surface area contributed by atoms with Gasteiger partial charge in [-0.15, -0.1) is 0 Å². The largest absolute Gasteiger partial charge is 0.0616 e. The standard InChI is InChI=1S/C12H8P2/c1-2-4-10-9(3-1)5-6-12-11(10)7-8-13-14-12/h1-8H. The Labute approximate surface area is 85.7 Å². The highest BCUT2D eigenvalue weighted by molar-refractivity contribution is 7.92. The van der Waals surface area contributed by atoms with E-state index in [9.17, 15) is 0 Å². The average Bonchev–Trinajstić information content (AvgIpc) is 2.29. The second-order valence-electron chi connectivity index (χ2n) is 3.25. The monoisotopic (exact) mass is 214 g/mol. The summed E-state index contributed by atoms with van der Waals surface area (Å²) in [5, 5.41) is 5.57. The molecule has 2 aromatic carbocycles. The quantitative estimate of drug-likeness (QED) is 0.454. The van der Waals surface area contributed by atoms with Crippen LogP contribution in [0.25, 0.3) is 21.3 Å². The summed E-state index contributed by atoms with van der Waals surface area (Å²) in [5.74, 6) is 2.23. The number of fused-ring (bicyclic) bond motifs is 3. The third kappa shape index (κ3) is 1.23. The van der Waals surface area contributed by atoms with Crippen LogP contribution >= 0.6 is 15.7 Å². The Morgan fingerprint density at radius 2 is 1.71 bits per heavy atom. The van der Waals surface area contributed by atoms with E-state index in [1.807, 2.05) is 0 Å². The first-order chi connectivity index (χ1) is 6.95. The fraction of sp³-hybridized carbons (Fsp3) is 0. The first-order valence-corrected chi connectivity index (χ1v) is 7.11. The molecule has 0 radical (unpaired) electrons. The van der Waals surface area contributed by atoms with Crippen molar-refractivity contribution < 1.29 is 0 Å². The van der Waals surface area contributed by atoms with Crippen LogP contribution in [0.3, 0.4) is 0 Å². The maximum Gasteiger partial charge on any atom is 0.0142 e. The van der Waals surface area contributed by atoms with E-state index in [0.29, 0.717) is 0 Å². The third-order valence-corrected chi connectivity index (χ3v) is 4.82. The summed E-state index contributed by atoms with van der Waals surface area (Å²) in [5.41, 5.74) is 0. The van der Waals surface area contributed by atoms with Gasteiger partial charge in [0.25, 0.3) is 0 Å². The minimum Gasteiger partial charge on any atom is -0.0616 e. The molecule has 0 saturated carbocycles. The van der Waals surface area contributed by atoms with Gasteiger partial charge in [0.15, 0.2) is 0 Å². The summed E-state index contributed by atoms with van der Waals surface area (Å²) < 4.78 is 0. The zero-order valence-electron chi connectivity index (χ0n) is 7.51. The molecule has 3 aromatic rings. The first-order valence-electron chi connectivity index (χ1n) is 4.54. The van der Waals surface area contributed by atoms with Crippen molar-refractivity contribution in [2.75, 3.05) is 0 Å². The lowest BCUT2D eigenvalue weighted by Gasteiger charge is -2.01. The van der Waals surface area contributed by atoms with E-state index in [4.69, 9.17) is 0 Å². The SMILES string of the molecule is c1ccc2c(c1)ccc1ppccc12. The molecule has 14 heavy (non-hydrogen) atoms. The zero-order valence-corrected chi connectivity index (χ0v) is 9.30. The molecule has 1 aromatic heterocycles. The summed E-state index contributed by atoms with van der Waals surface area (Å²) in [7, 11) is 2.79. The maximum atomic E-state index is 2.25. The number of benzene rings is 2. The van der Waals surface area contributed by atoms with E-state index in [0.717, 1.165) is 0 Å². The second kappa shape index (κ2) is 3.31. The molecule has 0 aliphatic heterocycles. The third-order valence-electron chi connectivity index (χ3n) is 2.42. The molecule has 0 aliphatic rings. The summed E-state index contributed by atoms with van der Waals surface area (Å²) >= 11 is 0. The fourth-order valence-corrected chi connectivity index (χ4v) is 3.90. The van der Waals surface area contributed by atoms with Crippen molar-refractivity contribution in [1.29, 1.82) is 0 Å². The maximum absolute atomic E-state index is 2.25. The normalized spacial score (nSPS) is 12.0. The molecule has 0 bridgehead atoms. The van der Waals surface area contributed by atoms with Gasteiger partial charge in [0.2, 0.25) is 0 Å². The smallest absolute Gasteiger partial charge is 0.0142 e. The Balaban J connectivity index is 2.61. The van der Waals surface area contributed by atoms with Crippen molar-refractivity contribution in [3.63, 3.8) is 0 Å². The van der Waals surface area contributed by atoms with Gasteiger partial charge in [-0.05, 0) is 49.8 Å². The molecule has 0 aliphatic carbocycles. The molecule has 66 valence electrons. The highest BCUT2D eigenvalue weighted by Gasteiger charge is 1.97. The molecule has 0 unspecified atom stereocenters. The van der Waals surface area contributed by atoms with E-state index in [1.54, 1.807) is 0 Å². The van der Waals surface area contributed by atoms with Crippen LogP contribution in [0.1, 0.15) is 0 Å². The van der Waals surface area contributed by atoms with Gasteiger partial charge in [-0.1, -0.05) is 30.3 Å². The van der Waals surface area contributed by atoms with E-state index in [1.165, 1.54) is 37.0 Å². The van der Waals surface area contributed by atoms with Gasteiger partial charge in [0, 0.05) is 5.12 Å². The molecule has 3 rings (SSSR count). The van der Waals surface area contributed by atoms with E-state index < -0.39 is 0 Å². The second-order valence-corrected chi connectivity index (χ2v) is 5.75. The van der Waals surface area contributed by atoms with E-state index >= 15 is 0 Å². The lowest BCUT2D eigenvalue weighted by atomic mass is 10.1. The van der Waals surface area contributed by atoms with Crippen LogP contribution in [0.4, 0.5) is 0 Å². The highest BCUT2D eigenvalue weighted by atomic mass is 31.8. The predicted octanol–water partition coefficient (Wildman–Crippen LogP) is 5.15. The van der Waals surface area contributed by atoms with Crippen molar-refractivity contribution in [1.82, 2.24) is 0 Å². The van der Waals surface area contributed by atoms with Crippen LogP contribution in [0.15, 0.2) is 48.3 Å². The minimum absolute atomic E-state index is 1.34. The molecule has 0 nitrogen and oxygen atoms in total. The van der Waals surface area contributed by atoms with Crippen LogP contribution in [0.5, 0.6) is 0 Å². The Morgan fingerprint density at radius 1 is 0.786 bits per heavy atom. The van der Waals surface area contributed by atoms with Crippen molar-refractivity contribution in [3.8, 4) is 0 Å². The summed E-state index contributed by atoms with van der Waals surface area (Å²) in [6.07, 6.45) is 0. The van der Waals surface area contributed by atoms with Gasteiger partial charge in [-0.25, -0.2) is 0 Å². The fourth-order valence-electron chi connectivity index (χ4n) is 1.75. The van der Waals surface area contributed by atoms with E-state index in [-0.39, 0.29) is 0 Å². The van der Waals surface area contributed by atoms with Gasteiger partial charge < -0.3 is 0 Å². The number of hydrogen-bond donors (Lipinski definition) is 0. The van der Waals surface area contributed by atoms with Crippen molar-refractivity contribution in [3.05, 3.63) is 48.3 Å². The predicted molar refractivity (Wildman–Crippen MR) is 66.5 cm³/mol. The van der Waals surface area contributed by atoms with Crippen molar-refractivity contribution in [2.24, 2.45) is 0 Å². The molecule has 0 N–H and O–H groups in total. The highest BCUT2D eigenvalue weighted by Crippen LogP contribution is 2.34. The topological polar surface area (TPSA) is 0 Å². The van der Waals surface area contributed by atoms with Crippen molar-refractivity contribution >= 4 is 37.0 Å². The molecular formula is C12H8P2. The molecular weight excluding hydrogens is 206 g/mol. The Morgan fingerprint density at radius 3 is 2.71 bits per heavy atom. The summed E-state index contributed by atoms with van der Waals surface area (Å²) in [4.78, 5) is 0. The van der Waals surface area contributed by atoms with Gasteiger partial charge in [-0.2, -0.15) is 0 Å². The van der Waals surface area contributed by atoms with Gasteiger partial charge in [0.05, 0.1) is 0 Å². The number of rotatable bonds is 0. The van der Waals surface area contributed by atoms with Gasteiger partial charge in [0.1, 0.15) is 0 Å². The van der Waals surface area contributed by atoms with Crippen LogP contribution in [-0.4, -0.2) is 0 Å². The molecule has 1 heterocycles. The van der Waals surface area contributed by atoms with Gasteiger partial charge in [-0.3, -0.25) is 0 Å². The minimum atomic E-state index is 1.34. The molecule has 0 fully saturated rings. The average molecular weight is 214 g/mol. The van der Waals surface area contributed by atoms with Crippen molar-refractivity contribution in [2.45, 2.75) is 0 Å². The molecule has 0 spiro atoms. The van der Waals surface area contributed by atoms with Crippen LogP contribution in [0.2, 0.25) is 0 Å². The Bertz CT molecular complexity index is 547. The Kier molecular flexibility index (Phi) is 1.98. The van der Waals surface area contributed by atoms with E-state index in [2.05, 4.69) is 48.3 Å². The van der Waals surface area contributed by atoms with Gasteiger partial charge >= 0.3 is 0 Å². The Hall–Kier alpha value is -0.960. The number of hydrogen-bond acceptors (Lipinski definition) is 0. The van der Waals surface area contributed by atoms with Crippen LogP contribution in [-0.2, 0) is 0 Å². The molecule has 2 heteroatoms. The summed E-state index contributed by atoms with van der Waals surface area (Å²) in [6.45, 7) is 0.